The molecule has 3 aliphatic heterocycles. The van der Waals surface area contributed by atoms with E-state index in [2.05, 4.69) is 15.6 Å². The maximum atomic E-state index is 14.0. The molecule has 1 aromatic heterocycles. The quantitative estimate of drug-likeness (QED) is 0.374. The van der Waals surface area contributed by atoms with Crippen molar-refractivity contribution in [3.05, 3.63) is 95.1 Å². The van der Waals surface area contributed by atoms with Gasteiger partial charge in [-0.1, -0.05) is 54.1 Å². The van der Waals surface area contributed by atoms with Crippen LogP contribution >= 0.6 is 11.6 Å². The van der Waals surface area contributed by atoms with Gasteiger partial charge in [0.05, 0.1) is 17.5 Å². The minimum Gasteiger partial charge on any atom is -0.361 e. The van der Waals surface area contributed by atoms with Gasteiger partial charge in [-0.3, -0.25) is 19.7 Å². The van der Waals surface area contributed by atoms with E-state index in [9.17, 15) is 14.4 Å². The second-order valence-corrected chi connectivity index (χ2v) is 10.1. The Morgan fingerprint density at radius 1 is 0.917 bits per heavy atom. The molecule has 178 valence electrons. The fourth-order valence-corrected chi connectivity index (χ4v) is 6.52. The summed E-state index contributed by atoms with van der Waals surface area (Å²) in [4.78, 5) is 46.1. The second kappa shape index (κ2) is 7.53. The van der Waals surface area contributed by atoms with E-state index in [1.807, 2.05) is 54.7 Å². The Hall–Kier alpha value is -3.94. The van der Waals surface area contributed by atoms with E-state index >= 15 is 0 Å². The summed E-state index contributed by atoms with van der Waals surface area (Å²) in [5.41, 5.74) is 2.45. The lowest BCUT2D eigenvalue weighted by atomic mass is 9.76. The molecular weight excluding hydrogens is 476 g/mol. The molecule has 4 atom stereocenters. The average Bonchev–Trinajstić information content (AvgIpc) is 3.58. The standard InChI is InChI=1S/C28H21ClN4O3/c29-16-6-5-7-17(13-16)33-25(34)23-22(12-15-14-30-20-10-3-1-8-18(15)20)32-28(24(23)26(33)35)19-9-2-4-11-21(19)31-27(28)36/h1-11,13-14,22-24,30,32H,12H2,(H,31,36)/t22-,23-,24+,28-/m1/s1. The summed E-state index contributed by atoms with van der Waals surface area (Å²) < 4.78 is 0. The van der Waals surface area contributed by atoms with E-state index in [0.717, 1.165) is 16.5 Å². The summed E-state index contributed by atoms with van der Waals surface area (Å²) in [6.45, 7) is 0. The van der Waals surface area contributed by atoms with Crippen molar-refractivity contribution in [2.24, 2.45) is 11.8 Å². The average molecular weight is 497 g/mol. The number of anilines is 2. The largest absolute Gasteiger partial charge is 0.361 e. The van der Waals surface area contributed by atoms with Crippen molar-refractivity contribution >= 4 is 51.6 Å². The number of imide groups is 1. The van der Waals surface area contributed by atoms with Crippen LogP contribution in [0.25, 0.3) is 10.9 Å². The second-order valence-electron chi connectivity index (χ2n) is 9.62. The number of H-pyrrole nitrogens is 1. The Labute approximate surface area is 211 Å². The molecule has 3 aromatic carbocycles. The van der Waals surface area contributed by atoms with Gasteiger partial charge in [-0.15, -0.1) is 0 Å². The van der Waals surface area contributed by atoms with Gasteiger partial charge in [0.2, 0.25) is 17.7 Å². The van der Waals surface area contributed by atoms with Crippen molar-refractivity contribution in [3.8, 4) is 0 Å². The molecule has 1 spiro atoms. The van der Waals surface area contributed by atoms with Crippen molar-refractivity contribution < 1.29 is 14.4 Å². The fourth-order valence-electron chi connectivity index (χ4n) is 6.34. The summed E-state index contributed by atoms with van der Waals surface area (Å²) >= 11 is 6.20. The van der Waals surface area contributed by atoms with Crippen molar-refractivity contribution in [1.29, 1.82) is 0 Å². The first-order chi connectivity index (χ1) is 17.5. The third-order valence-electron chi connectivity index (χ3n) is 7.80. The number of nitrogens with one attached hydrogen (secondary N) is 3. The maximum Gasteiger partial charge on any atom is 0.250 e. The van der Waals surface area contributed by atoms with Crippen LogP contribution in [-0.2, 0) is 26.3 Å². The number of carbonyl (C=O) groups excluding carboxylic acids is 3. The van der Waals surface area contributed by atoms with E-state index in [1.54, 1.807) is 24.3 Å². The molecule has 2 fully saturated rings. The van der Waals surface area contributed by atoms with E-state index in [0.29, 0.717) is 28.4 Å². The minimum absolute atomic E-state index is 0.311. The van der Waals surface area contributed by atoms with Crippen LogP contribution in [-0.4, -0.2) is 28.7 Å². The van der Waals surface area contributed by atoms with Gasteiger partial charge >= 0.3 is 0 Å². The van der Waals surface area contributed by atoms with E-state index in [1.165, 1.54) is 4.90 Å². The molecule has 4 heterocycles. The zero-order valence-electron chi connectivity index (χ0n) is 19.0. The predicted octanol–water partition coefficient (Wildman–Crippen LogP) is 3.99. The van der Waals surface area contributed by atoms with Crippen LogP contribution in [0.4, 0.5) is 11.4 Å². The van der Waals surface area contributed by atoms with Crippen molar-refractivity contribution in [1.82, 2.24) is 10.3 Å². The number of aromatic nitrogens is 1. The highest BCUT2D eigenvalue weighted by atomic mass is 35.5. The molecule has 7 nitrogen and oxygen atoms in total. The Morgan fingerprint density at radius 2 is 1.72 bits per heavy atom. The van der Waals surface area contributed by atoms with Gasteiger partial charge in [0.1, 0.15) is 5.54 Å². The number of halogens is 1. The number of carbonyl (C=O) groups is 3. The SMILES string of the molecule is O=C1[C@H]2[C@@H](C(=O)N1c1cccc(Cl)c1)[C@@]1(N[C@@H]2Cc2c[nH]c3ccccc23)C(=O)Nc2ccccc21. The van der Waals surface area contributed by atoms with Gasteiger partial charge < -0.3 is 10.3 Å². The highest BCUT2D eigenvalue weighted by Gasteiger charge is 2.70. The summed E-state index contributed by atoms with van der Waals surface area (Å²) in [5, 5.41) is 7.92. The Bertz CT molecular complexity index is 1600. The number of rotatable bonds is 3. The Balaban J connectivity index is 1.38. The van der Waals surface area contributed by atoms with Gasteiger partial charge in [0, 0.05) is 39.4 Å². The molecule has 0 bridgehead atoms. The van der Waals surface area contributed by atoms with Crippen LogP contribution < -0.4 is 15.5 Å². The van der Waals surface area contributed by atoms with Crippen molar-refractivity contribution in [3.63, 3.8) is 0 Å². The number of hydrogen-bond acceptors (Lipinski definition) is 4. The fraction of sp³-hybridized carbons (Fsp3) is 0.179. The molecule has 8 heteroatoms. The number of amides is 3. The molecule has 3 aliphatic rings. The van der Waals surface area contributed by atoms with Gasteiger partial charge in [-0.05, 0) is 42.3 Å². The van der Waals surface area contributed by atoms with Crippen LogP contribution in [0.3, 0.4) is 0 Å². The smallest absolute Gasteiger partial charge is 0.250 e. The monoisotopic (exact) mass is 496 g/mol. The molecule has 2 saturated heterocycles. The first kappa shape index (κ1) is 21.4. The Kier molecular flexibility index (Phi) is 4.46. The molecular formula is C28H21ClN4O3. The van der Waals surface area contributed by atoms with Gasteiger partial charge in [0.15, 0.2) is 0 Å². The third-order valence-corrected chi connectivity index (χ3v) is 8.04. The van der Waals surface area contributed by atoms with Crippen LogP contribution in [0, 0.1) is 11.8 Å². The molecule has 0 saturated carbocycles. The van der Waals surface area contributed by atoms with E-state index in [4.69, 9.17) is 11.6 Å². The number of aromatic amines is 1. The topological polar surface area (TPSA) is 94.3 Å². The summed E-state index contributed by atoms with van der Waals surface area (Å²) in [6, 6.07) is 21.6. The lowest BCUT2D eigenvalue weighted by Gasteiger charge is -2.29. The minimum atomic E-state index is -1.34. The summed E-state index contributed by atoms with van der Waals surface area (Å²) in [7, 11) is 0. The zero-order chi connectivity index (χ0) is 24.6. The van der Waals surface area contributed by atoms with E-state index in [-0.39, 0.29) is 11.8 Å². The first-order valence-corrected chi connectivity index (χ1v) is 12.2. The highest BCUT2D eigenvalue weighted by molar-refractivity contribution is 6.31. The molecule has 0 aliphatic carbocycles. The van der Waals surface area contributed by atoms with E-state index < -0.39 is 29.3 Å². The van der Waals surface area contributed by atoms with Gasteiger partial charge in [-0.2, -0.15) is 0 Å². The van der Waals surface area contributed by atoms with Crippen molar-refractivity contribution in [2.45, 2.75) is 18.0 Å². The molecule has 0 unspecified atom stereocenters. The molecule has 36 heavy (non-hydrogen) atoms. The number of fused-ring (bicyclic) bond motifs is 5. The molecule has 4 aromatic rings. The molecule has 7 rings (SSSR count). The van der Waals surface area contributed by atoms with Gasteiger partial charge in [-0.25, -0.2) is 4.90 Å². The number of benzene rings is 3. The number of nitrogens with zero attached hydrogens (tertiary/aromatic N) is 1. The summed E-state index contributed by atoms with van der Waals surface area (Å²) in [5.74, 6) is -2.63. The Morgan fingerprint density at radius 3 is 2.58 bits per heavy atom. The molecule has 3 amide bonds. The van der Waals surface area contributed by atoms with Crippen molar-refractivity contribution in [2.75, 3.05) is 10.2 Å². The van der Waals surface area contributed by atoms with Crippen LogP contribution in [0.15, 0.2) is 79.0 Å². The van der Waals surface area contributed by atoms with Gasteiger partial charge in [0.25, 0.3) is 0 Å². The number of para-hydroxylation sites is 2. The number of hydrogen-bond donors (Lipinski definition) is 3. The predicted molar refractivity (Wildman–Crippen MR) is 137 cm³/mol. The lowest BCUT2D eigenvalue weighted by Crippen LogP contribution is -2.53. The van der Waals surface area contributed by atoms with Crippen LogP contribution in [0.1, 0.15) is 11.1 Å². The maximum absolute atomic E-state index is 14.0. The zero-order valence-corrected chi connectivity index (χ0v) is 19.8. The van der Waals surface area contributed by atoms with Crippen LogP contribution in [0.5, 0.6) is 0 Å². The third kappa shape index (κ3) is 2.75. The normalized spacial score (nSPS) is 26.6. The molecule has 0 radical (unpaired) electrons. The first-order valence-electron chi connectivity index (χ1n) is 11.9. The summed E-state index contributed by atoms with van der Waals surface area (Å²) in [6.07, 6.45) is 2.41. The highest BCUT2D eigenvalue weighted by Crippen LogP contribution is 2.54. The lowest BCUT2D eigenvalue weighted by molar-refractivity contribution is -0.130. The molecule has 3 N–H and O–H groups in total. The van der Waals surface area contributed by atoms with Crippen LogP contribution in [0.2, 0.25) is 5.02 Å².